The van der Waals surface area contributed by atoms with Gasteiger partial charge in [0.25, 0.3) is 0 Å². The molecule has 0 radical (unpaired) electrons. The van der Waals surface area contributed by atoms with Crippen LogP contribution in [-0.2, 0) is 19.6 Å². The first kappa shape index (κ1) is 20.8. The molecule has 0 amide bonds. The third-order valence-corrected chi connectivity index (χ3v) is 4.87. The van der Waals surface area contributed by atoms with E-state index in [1.807, 2.05) is 36.4 Å². The van der Waals surface area contributed by atoms with Crippen LogP contribution in [-0.4, -0.2) is 7.11 Å². The summed E-state index contributed by atoms with van der Waals surface area (Å²) in [6.45, 7) is 7.11. The van der Waals surface area contributed by atoms with Gasteiger partial charge in [0, 0.05) is 22.8 Å². The number of allylic oxidation sites excluding steroid dienone is 1. The molecule has 0 atom stereocenters. The summed E-state index contributed by atoms with van der Waals surface area (Å²) in [6.07, 6.45) is 2.58. The second kappa shape index (κ2) is 10.0. The van der Waals surface area contributed by atoms with Crippen molar-refractivity contribution in [3.05, 3.63) is 101 Å². The summed E-state index contributed by atoms with van der Waals surface area (Å²) in [5, 5.41) is 4.17. The topological polar surface area (TPSA) is 30.5 Å². The van der Waals surface area contributed by atoms with Crippen molar-refractivity contribution in [3.8, 4) is 11.5 Å². The lowest BCUT2D eigenvalue weighted by Gasteiger charge is -2.17. The molecule has 29 heavy (non-hydrogen) atoms. The Balaban J connectivity index is 1.78. The van der Waals surface area contributed by atoms with Gasteiger partial charge in [-0.3, -0.25) is 0 Å². The molecule has 0 saturated carbocycles. The average Bonchev–Trinajstić information content (AvgIpc) is 2.73. The first-order valence-electron chi connectivity index (χ1n) is 9.57. The number of ether oxygens (including phenoxy) is 2. The quantitative estimate of drug-likeness (QED) is 0.406. The molecule has 4 heteroatoms. The van der Waals surface area contributed by atoms with Crippen LogP contribution in [0.15, 0.2) is 73.3 Å². The monoisotopic (exact) mass is 407 g/mol. The molecule has 0 unspecified atom stereocenters. The van der Waals surface area contributed by atoms with E-state index < -0.39 is 0 Å². The second-order valence-electron chi connectivity index (χ2n) is 6.91. The highest BCUT2D eigenvalue weighted by atomic mass is 35.5. The van der Waals surface area contributed by atoms with Crippen LogP contribution in [0.4, 0.5) is 5.69 Å². The number of hydrogen-bond acceptors (Lipinski definition) is 3. The Morgan fingerprint density at radius 2 is 1.72 bits per heavy atom. The van der Waals surface area contributed by atoms with Gasteiger partial charge in [-0.05, 0) is 60.9 Å². The molecule has 0 aliphatic heterocycles. The van der Waals surface area contributed by atoms with Crippen molar-refractivity contribution >= 4 is 17.3 Å². The second-order valence-corrected chi connectivity index (χ2v) is 7.35. The Morgan fingerprint density at radius 3 is 2.38 bits per heavy atom. The van der Waals surface area contributed by atoms with E-state index in [1.165, 1.54) is 5.56 Å². The van der Waals surface area contributed by atoms with E-state index in [0.717, 1.165) is 33.9 Å². The molecule has 1 N–H and O–H groups in total. The third-order valence-electron chi connectivity index (χ3n) is 4.62. The number of aryl methyl sites for hydroxylation is 1. The van der Waals surface area contributed by atoms with Crippen LogP contribution >= 0.6 is 11.6 Å². The molecule has 3 nitrogen and oxygen atoms in total. The van der Waals surface area contributed by atoms with Crippen LogP contribution in [0.1, 0.15) is 22.3 Å². The molecular formula is C25H26ClNO2. The van der Waals surface area contributed by atoms with Gasteiger partial charge < -0.3 is 14.8 Å². The van der Waals surface area contributed by atoms with Crippen molar-refractivity contribution in [1.82, 2.24) is 0 Å². The molecule has 3 aromatic carbocycles. The number of methoxy groups -OCH3 is 1. The minimum absolute atomic E-state index is 0.443. The fraction of sp³-hybridized carbons (Fsp3) is 0.200. The molecule has 0 bridgehead atoms. The van der Waals surface area contributed by atoms with E-state index in [1.54, 1.807) is 7.11 Å². The van der Waals surface area contributed by atoms with Gasteiger partial charge in [0.05, 0.1) is 7.11 Å². The van der Waals surface area contributed by atoms with Crippen LogP contribution in [0, 0.1) is 6.92 Å². The lowest BCUT2D eigenvalue weighted by molar-refractivity contribution is 0.281. The Morgan fingerprint density at radius 1 is 1.00 bits per heavy atom. The van der Waals surface area contributed by atoms with E-state index in [0.29, 0.717) is 24.6 Å². The van der Waals surface area contributed by atoms with Gasteiger partial charge in [-0.1, -0.05) is 47.5 Å². The number of hydrogen-bond donors (Lipinski definition) is 1. The van der Waals surface area contributed by atoms with Crippen LogP contribution in [0.25, 0.3) is 0 Å². The lowest BCUT2D eigenvalue weighted by Crippen LogP contribution is -2.05. The van der Waals surface area contributed by atoms with Crippen LogP contribution in [0.5, 0.6) is 11.5 Å². The predicted octanol–water partition coefficient (Wildman–Crippen LogP) is 6.58. The molecule has 0 spiro atoms. The van der Waals surface area contributed by atoms with E-state index in [9.17, 15) is 0 Å². The van der Waals surface area contributed by atoms with E-state index in [4.69, 9.17) is 21.1 Å². The van der Waals surface area contributed by atoms with E-state index >= 15 is 0 Å². The highest BCUT2D eigenvalue weighted by Crippen LogP contribution is 2.34. The fourth-order valence-corrected chi connectivity index (χ4v) is 3.19. The maximum atomic E-state index is 6.13. The first-order chi connectivity index (χ1) is 14.1. The van der Waals surface area contributed by atoms with E-state index in [-0.39, 0.29) is 0 Å². The summed E-state index contributed by atoms with van der Waals surface area (Å²) in [5.41, 5.74) is 5.55. The van der Waals surface area contributed by atoms with Gasteiger partial charge in [-0.15, -0.1) is 6.58 Å². The van der Waals surface area contributed by atoms with Crippen molar-refractivity contribution in [2.24, 2.45) is 0 Å². The Bertz CT molecular complexity index is 950. The molecule has 150 valence electrons. The molecule has 0 aliphatic carbocycles. The van der Waals surface area contributed by atoms with Gasteiger partial charge in [0.15, 0.2) is 11.5 Å². The van der Waals surface area contributed by atoms with Crippen molar-refractivity contribution < 1.29 is 9.47 Å². The molecule has 3 rings (SSSR count). The number of rotatable bonds is 9. The number of nitrogens with one attached hydrogen (secondary N) is 1. The minimum Gasteiger partial charge on any atom is -0.493 e. The summed E-state index contributed by atoms with van der Waals surface area (Å²) in [6, 6.07) is 20.2. The van der Waals surface area contributed by atoms with Crippen LogP contribution in [0.2, 0.25) is 5.02 Å². The zero-order chi connectivity index (χ0) is 20.6. The zero-order valence-electron chi connectivity index (χ0n) is 16.9. The number of anilines is 1. The van der Waals surface area contributed by atoms with Crippen molar-refractivity contribution in [3.63, 3.8) is 0 Å². The number of halogens is 1. The zero-order valence-corrected chi connectivity index (χ0v) is 17.6. The highest BCUT2D eigenvalue weighted by Gasteiger charge is 2.13. The Hall–Kier alpha value is -2.91. The largest absolute Gasteiger partial charge is 0.493 e. The number of benzene rings is 3. The first-order valence-corrected chi connectivity index (χ1v) is 9.95. The summed E-state index contributed by atoms with van der Waals surface area (Å²) in [4.78, 5) is 0. The molecule has 0 aliphatic rings. The summed E-state index contributed by atoms with van der Waals surface area (Å²) in [5.74, 6) is 1.47. The Labute approximate surface area is 177 Å². The van der Waals surface area contributed by atoms with E-state index in [2.05, 4.69) is 49.2 Å². The van der Waals surface area contributed by atoms with Crippen molar-refractivity contribution in [1.29, 1.82) is 0 Å². The molecule has 0 heterocycles. The van der Waals surface area contributed by atoms with Gasteiger partial charge in [0.2, 0.25) is 0 Å². The van der Waals surface area contributed by atoms with Crippen LogP contribution < -0.4 is 14.8 Å². The highest BCUT2D eigenvalue weighted by molar-refractivity contribution is 6.30. The smallest absolute Gasteiger partial charge is 0.165 e. The predicted molar refractivity (Wildman–Crippen MR) is 121 cm³/mol. The summed E-state index contributed by atoms with van der Waals surface area (Å²) < 4.78 is 11.8. The molecule has 0 fully saturated rings. The van der Waals surface area contributed by atoms with Gasteiger partial charge >= 0.3 is 0 Å². The summed E-state index contributed by atoms with van der Waals surface area (Å²) in [7, 11) is 1.67. The SMILES string of the molecule is C=CCc1cc(CNc2ccc(C)cc2)cc(OC)c1OCc1ccc(Cl)cc1. The maximum absolute atomic E-state index is 6.13. The van der Waals surface area contributed by atoms with Gasteiger partial charge in [0.1, 0.15) is 6.61 Å². The average molecular weight is 408 g/mol. The van der Waals surface area contributed by atoms with Gasteiger partial charge in [-0.2, -0.15) is 0 Å². The molecular weight excluding hydrogens is 382 g/mol. The normalized spacial score (nSPS) is 10.4. The minimum atomic E-state index is 0.443. The lowest BCUT2D eigenvalue weighted by atomic mass is 10.0. The standard InChI is InChI=1S/C25H26ClNO2/c1-4-5-21-14-20(16-27-23-12-6-18(2)7-13-23)15-24(28-3)25(21)29-17-19-8-10-22(26)11-9-19/h4,6-15,27H,1,5,16-17H2,2-3H3. The fourth-order valence-electron chi connectivity index (χ4n) is 3.06. The maximum Gasteiger partial charge on any atom is 0.165 e. The third kappa shape index (κ3) is 5.78. The Kier molecular flexibility index (Phi) is 7.20. The van der Waals surface area contributed by atoms with Gasteiger partial charge in [-0.25, -0.2) is 0 Å². The molecule has 0 aromatic heterocycles. The van der Waals surface area contributed by atoms with Crippen LogP contribution in [0.3, 0.4) is 0 Å². The summed E-state index contributed by atoms with van der Waals surface area (Å²) >= 11 is 5.96. The van der Waals surface area contributed by atoms with Crippen molar-refractivity contribution in [2.75, 3.05) is 12.4 Å². The molecule has 3 aromatic rings. The van der Waals surface area contributed by atoms with Crippen molar-refractivity contribution in [2.45, 2.75) is 26.5 Å². The molecule has 0 saturated heterocycles.